The molecule has 48 heavy (non-hydrogen) atoms. The Labute approximate surface area is 270 Å². The molecule has 9 nitrogen and oxygen atoms in total. The van der Waals surface area contributed by atoms with E-state index in [9.17, 15) is 51.8 Å². The largest absolute Gasteiger partial charge is 0.444 e. The van der Waals surface area contributed by atoms with E-state index in [-0.39, 0.29) is 43.4 Å². The number of benzene rings is 1. The first kappa shape index (κ1) is 36.9. The molecule has 1 aliphatic heterocycles. The van der Waals surface area contributed by atoms with Gasteiger partial charge < -0.3 is 10.1 Å². The van der Waals surface area contributed by atoms with Gasteiger partial charge in [-0.25, -0.2) is 18.0 Å². The molecule has 1 saturated heterocycles. The molecule has 0 bridgehead atoms. The van der Waals surface area contributed by atoms with Crippen molar-refractivity contribution in [2.45, 2.75) is 93.8 Å². The number of nitrogens with zero attached hydrogens (tertiary/aromatic N) is 3. The van der Waals surface area contributed by atoms with Crippen LogP contribution >= 0.6 is 10.2 Å². The van der Waals surface area contributed by atoms with Crippen LogP contribution in [0.1, 0.15) is 70.9 Å². The van der Waals surface area contributed by atoms with Gasteiger partial charge in [-0.3, -0.25) is 29.2 Å². The molecular formula is C30H34F8N4O5S. The van der Waals surface area contributed by atoms with E-state index >= 15 is 0 Å². The standard InChI is InChI=1S/C30H34F8N4O5S/c1-29(2,3)47-28(46)41-17-22(43)6-9-24(41)27(45)42(21-4-7-23(8-5-21)48(34,35,36,37)38)25(18-14-19(31)16-39-15-18)26(44)40-20-10-12-30(32,33)13-11-20/h4-5,7-8,14-16,20,24-25H,6,9-13,17H2,1-3H3,(H,40,44). The maximum atomic E-state index is 14.5. The highest BCUT2D eigenvalue weighted by molar-refractivity contribution is 8.45. The normalized spacial score (nSPS) is 21.0. The molecule has 1 aliphatic carbocycles. The van der Waals surface area contributed by atoms with Crippen LogP contribution in [0.5, 0.6) is 0 Å². The predicted molar refractivity (Wildman–Crippen MR) is 159 cm³/mol. The number of carbonyl (C=O) groups excluding carboxylic acids is 4. The highest BCUT2D eigenvalue weighted by atomic mass is 32.5. The van der Waals surface area contributed by atoms with E-state index < -0.39 is 99.4 Å². The Kier molecular flexibility index (Phi) is 9.35. The average molecular weight is 715 g/mol. The number of pyridine rings is 1. The molecular weight excluding hydrogens is 680 g/mol. The number of aromatic nitrogens is 1. The molecule has 0 radical (unpaired) electrons. The number of nitrogens with one attached hydrogen (secondary N) is 1. The first-order chi connectivity index (χ1) is 21.8. The van der Waals surface area contributed by atoms with Gasteiger partial charge in [0, 0.05) is 42.8 Å². The minimum atomic E-state index is -10.2. The number of ketones is 1. The second-order valence-electron chi connectivity index (χ2n) is 12.9. The van der Waals surface area contributed by atoms with Gasteiger partial charge in [0.05, 0.1) is 12.7 Å². The van der Waals surface area contributed by atoms with Crippen LogP contribution in [-0.4, -0.2) is 63.7 Å². The lowest BCUT2D eigenvalue weighted by atomic mass is 9.91. The molecule has 3 amide bonds. The second-order valence-corrected chi connectivity index (χ2v) is 15.3. The molecule has 1 aromatic heterocycles. The quantitative estimate of drug-likeness (QED) is 0.296. The van der Waals surface area contributed by atoms with Crippen molar-refractivity contribution in [1.82, 2.24) is 15.2 Å². The van der Waals surface area contributed by atoms with Crippen molar-refractivity contribution in [1.29, 1.82) is 0 Å². The number of rotatable bonds is 7. The van der Waals surface area contributed by atoms with E-state index in [1.807, 2.05) is 0 Å². The summed E-state index contributed by atoms with van der Waals surface area (Å²) in [5.41, 5.74) is -1.97. The minimum Gasteiger partial charge on any atom is -0.444 e. The van der Waals surface area contributed by atoms with Gasteiger partial charge in [0.25, 0.3) is 5.91 Å². The number of anilines is 1. The molecule has 2 atom stereocenters. The van der Waals surface area contributed by atoms with Crippen LogP contribution in [0.15, 0.2) is 47.6 Å². The van der Waals surface area contributed by atoms with Gasteiger partial charge in [-0.2, -0.15) is 0 Å². The van der Waals surface area contributed by atoms with Crippen molar-refractivity contribution in [2.24, 2.45) is 0 Å². The van der Waals surface area contributed by atoms with Crippen molar-refractivity contribution < 1.29 is 56.5 Å². The summed E-state index contributed by atoms with van der Waals surface area (Å²) >= 11 is 0. The van der Waals surface area contributed by atoms with Crippen LogP contribution in [-0.2, 0) is 19.1 Å². The first-order valence-electron chi connectivity index (χ1n) is 14.8. The van der Waals surface area contributed by atoms with E-state index in [2.05, 4.69) is 10.3 Å². The topological polar surface area (TPSA) is 109 Å². The van der Waals surface area contributed by atoms with Crippen LogP contribution in [0.4, 0.5) is 43.1 Å². The minimum absolute atomic E-state index is 0.00914. The van der Waals surface area contributed by atoms with Gasteiger partial charge in [-0.1, -0.05) is 19.4 Å². The Hall–Kier alpha value is -3.96. The number of hydrogen-bond acceptors (Lipinski definition) is 6. The number of piperidine rings is 1. The number of carbonyl (C=O) groups is 4. The Bertz CT molecular complexity index is 1580. The Morgan fingerprint density at radius 3 is 2.17 bits per heavy atom. The van der Waals surface area contributed by atoms with E-state index in [4.69, 9.17) is 4.74 Å². The highest BCUT2D eigenvalue weighted by Gasteiger charge is 2.65. The maximum absolute atomic E-state index is 14.5. The Balaban J connectivity index is 1.86. The molecule has 1 saturated carbocycles. The third-order valence-corrected chi connectivity index (χ3v) is 8.91. The summed E-state index contributed by atoms with van der Waals surface area (Å²) in [6.45, 7) is 3.92. The van der Waals surface area contributed by atoms with Crippen LogP contribution in [0.3, 0.4) is 0 Å². The predicted octanol–water partition coefficient (Wildman–Crippen LogP) is 7.62. The van der Waals surface area contributed by atoms with Crippen molar-refractivity contribution in [3.8, 4) is 0 Å². The van der Waals surface area contributed by atoms with Crippen LogP contribution in [0.2, 0.25) is 0 Å². The van der Waals surface area contributed by atoms with E-state index in [1.54, 1.807) is 0 Å². The summed E-state index contributed by atoms with van der Waals surface area (Å²) in [7, 11) is -10.2. The maximum Gasteiger partial charge on any atom is 0.411 e. The smallest absolute Gasteiger partial charge is 0.411 e. The summed E-state index contributed by atoms with van der Waals surface area (Å²) < 4.78 is 116. The van der Waals surface area contributed by atoms with Gasteiger partial charge >= 0.3 is 16.3 Å². The summed E-state index contributed by atoms with van der Waals surface area (Å²) in [5.74, 6) is -6.69. The zero-order valence-corrected chi connectivity index (χ0v) is 26.9. The van der Waals surface area contributed by atoms with Crippen molar-refractivity contribution in [3.05, 3.63) is 54.1 Å². The lowest BCUT2D eigenvalue weighted by Gasteiger charge is -2.42. The third kappa shape index (κ3) is 9.14. The molecule has 2 aromatic rings. The number of halogens is 8. The van der Waals surface area contributed by atoms with Crippen molar-refractivity contribution in [3.63, 3.8) is 0 Å². The fourth-order valence-corrected chi connectivity index (χ4v) is 6.14. The SMILES string of the molecule is CC(C)(C)OC(=O)N1CC(=O)CCC1C(=O)N(c1ccc(S(F)(F)(F)(F)F)cc1)C(C(=O)NC1CCC(F)(F)CC1)c1cncc(F)c1. The van der Waals surface area contributed by atoms with E-state index in [0.29, 0.717) is 17.0 Å². The number of likely N-dealkylation sites (tertiary alicyclic amines) is 1. The zero-order valence-electron chi connectivity index (χ0n) is 26.0. The second kappa shape index (κ2) is 12.2. The molecule has 18 heteroatoms. The van der Waals surface area contributed by atoms with Crippen molar-refractivity contribution in [2.75, 3.05) is 11.4 Å². The molecule has 2 unspecified atom stereocenters. The van der Waals surface area contributed by atoms with Gasteiger partial charge in [0.15, 0.2) is 5.78 Å². The molecule has 266 valence electrons. The van der Waals surface area contributed by atoms with Gasteiger partial charge in [0.1, 0.15) is 28.4 Å². The summed E-state index contributed by atoms with van der Waals surface area (Å²) in [6, 6.07) is -2.56. The first-order valence-corrected chi connectivity index (χ1v) is 16.8. The Morgan fingerprint density at radius 2 is 1.62 bits per heavy atom. The number of amides is 3. The zero-order chi connectivity index (χ0) is 35.9. The molecule has 2 fully saturated rings. The number of Topliss-reactive ketones (excluding diaryl/α,β-unsaturated/α-hetero) is 1. The number of hydrogen-bond donors (Lipinski definition) is 1. The highest BCUT2D eigenvalue weighted by Crippen LogP contribution is 3.02. The molecule has 0 spiro atoms. The van der Waals surface area contributed by atoms with Crippen LogP contribution in [0.25, 0.3) is 0 Å². The van der Waals surface area contributed by atoms with Gasteiger partial charge in [-0.05, 0) is 70.4 Å². The van der Waals surface area contributed by atoms with Gasteiger partial charge in [0.2, 0.25) is 11.8 Å². The monoisotopic (exact) mass is 714 g/mol. The van der Waals surface area contributed by atoms with E-state index in [1.165, 1.54) is 20.8 Å². The van der Waals surface area contributed by atoms with Crippen LogP contribution < -0.4 is 10.2 Å². The lowest BCUT2D eigenvalue weighted by molar-refractivity contribution is -0.133. The molecule has 2 heterocycles. The Morgan fingerprint density at radius 1 is 1.02 bits per heavy atom. The summed E-state index contributed by atoms with van der Waals surface area (Å²) in [6.07, 6.45) is -1.47. The fraction of sp³-hybridized carbons (Fsp3) is 0.500. The summed E-state index contributed by atoms with van der Waals surface area (Å²) in [4.78, 5) is 56.8. The molecule has 1 N–H and O–H groups in total. The van der Waals surface area contributed by atoms with E-state index in [0.717, 1.165) is 23.4 Å². The van der Waals surface area contributed by atoms with Crippen LogP contribution in [0, 0.1) is 5.82 Å². The molecule has 2 aliphatic rings. The molecule has 1 aromatic carbocycles. The van der Waals surface area contributed by atoms with Crippen molar-refractivity contribution >= 4 is 39.6 Å². The van der Waals surface area contributed by atoms with Gasteiger partial charge in [-0.15, -0.1) is 0 Å². The number of ether oxygens (including phenoxy) is 1. The fourth-order valence-electron chi connectivity index (χ4n) is 5.49. The third-order valence-electron chi connectivity index (χ3n) is 7.74. The number of alkyl halides is 2. The summed E-state index contributed by atoms with van der Waals surface area (Å²) in [5, 5.41) is 2.53. The molecule has 4 rings (SSSR count). The lowest BCUT2D eigenvalue weighted by Crippen LogP contribution is -2.58. The average Bonchev–Trinajstić information content (AvgIpc) is 2.94.